The minimum Gasteiger partial charge on any atom is -0.494 e. The number of methoxy groups -OCH3 is 1. The lowest BCUT2D eigenvalue weighted by molar-refractivity contribution is -0.145. The third-order valence-corrected chi connectivity index (χ3v) is 8.74. The van der Waals surface area contributed by atoms with E-state index in [9.17, 15) is 9.59 Å². The van der Waals surface area contributed by atoms with E-state index >= 15 is 0 Å². The highest BCUT2D eigenvalue weighted by atomic mass is 79.9. The van der Waals surface area contributed by atoms with Crippen LogP contribution in [-0.2, 0) is 9.53 Å². The zero-order chi connectivity index (χ0) is 31.3. The largest absolute Gasteiger partial charge is 0.494 e. The van der Waals surface area contributed by atoms with Gasteiger partial charge in [0, 0.05) is 15.6 Å². The van der Waals surface area contributed by atoms with Crippen LogP contribution in [0.2, 0.25) is 0 Å². The molecule has 0 atom stereocenters. The van der Waals surface area contributed by atoms with Gasteiger partial charge in [-0.2, -0.15) is 9.78 Å². The minimum absolute atomic E-state index is 0.176. The molecule has 226 valence electrons. The first kappa shape index (κ1) is 32.2. The molecule has 1 heterocycles. The molecule has 0 saturated carbocycles. The van der Waals surface area contributed by atoms with E-state index in [1.807, 2.05) is 38.1 Å². The van der Waals surface area contributed by atoms with Crippen molar-refractivity contribution in [1.82, 2.24) is 9.66 Å². The molecule has 0 amide bonds. The number of esters is 1. The highest BCUT2D eigenvalue weighted by molar-refractivity contribution is 9.13. The van der Waals surface area contributed by atoms with Gasteiger partial charge in [-0.05, 0) is 100 Å². The SMILES string of the molecule is CCOC(=O)COc1c(OC)cc(C=Nn2c(-c3cc(C(C)C)c(OCC)cc3C)nc3ccccc3c2=O)c(Br)c1Br. The predicted molar refractivity (Wildman–Crippen MR) is 175 cm³/mol. The Hall–Kier alpha value is -3.70. The summed E-state index contributed by atoms with van der Waals surface area (Å²) < 4.78 is 24.5. The molecule has 11 heteroatoms. The van der Waals surface area contributed by atoms with Crippen molar-refractivity contribution in [3.05, 3.63) is 78.5 Å². The molecular formula is C32H33Br2N3O6. The average Bonchev–Trinajstić information content (AvgIpc) is 2.98. The van der Waals surface area contributed by atoms with Crippen molar-refractivity contribution in [3.63, 3.8) is 0 Å². The Morgan fingerprint density at radius 3 is 2.47 bits per heavy atom. The van der Waals surface area contributed by atoms with E-state index in [0.717, 1.165) is 22.4 Å². The number of aromatic nitrogens is 2. The number of benzene rings is 3. The number of nitrogens with zero attached hydrogens (tertiary/aromatic N) is 3. The molecule has 0 aliphatic carbocycles. The van der Waals surface area contributed by atoms with Gasteiger partial charge in [-0.15, -0.1) is 0 Å². The number of carbonyl (C=O) groups excluding carboxylic acids is 1. The molecule has 0 aliphatic rings. The first-order chi connectivity index (χ1) is 20.6. The zero-order valence-corrected chi connectivity index (χ0v) is 28.0. The van der Waals surface area contributed by atoms with Gasteiger partial charge in [0.15, 0.2) is 23.9 Å². The lowest BCUT2D eigenvalue weighted by atomic mass is 9.96. The van der Waals surface area contributed by atoms with Gasteiger partial charge in [0.25, 0.3) is 5.56 Å². The van der Waals surface area contributed by atoms with Gasteiger partial charge in [-0.1, -0.05) is 26.0 Å². The van der Waals surface area contributed by atoms with Crippen molar-refractivity contribution >= 4 is 54.9 Å². The van der Waals surface area contributed by atoms with Crippen molar-refractivity contribution in [2.24, 2.45) is 5.10 Å². The summed E-state index contributed by atoms with van der Waals surface area (Å²) in [5, 5.41) is 5.09. The highest BCUT2D eigenvalue weighted by Gasteiger charge is 2.20. The average molecular weight is 715 g/mol. The lowest BCUT2D eigenvalue weighted by Gasteiger charge is -2.18. The van der Waals surface area contributed by atoms with Crippen molar-refractivity contribution in [2.75, 3.05) is 26.9 Å². The summed E-state index contributed by atoms with van der Waals surface area (Å²) in [5.74, 6) is 1.56. The summed E-state index contributed by atoms with van der Waals surface area (Å²) in [6, 6.07) is 12.9. The van der Waals surface area contributed by atoms with E-state index in [1.165, 1.54) is 11.8 Å². The van der Waals surface area contributed by atoms with E-state index in [0.29, 0.717) is 49.3 Å². The molecule has 43 heavy (non-hydrogen) atoms. The second kappa shape index (κ2) is 14.2. The van der Waals surface area contributed by atoms with Crippen LogP contribution in [-0.4, -0.2) is 48.8 Å². The summed E-state index contributed by atoms with van der Waals surface area (Å²) in [6.07, 6.45) is 1.54. The van der Waals surface area contributed by atoms with Gasteiger partial charge in [0.05, 0.1) is 41.9 Å². The molecule has 0 bridgehead atoms. The third-order valence-electron chi connectivity index (χ3n) is 6.60. The summed E-state index contributed by atoms with van der Waals surface area (Å²) in [4.78, 5) is 30.6. The molecule has 0 spiro atoms. The second-order valence-electron chi connectivity index (χ2n) is 9.83. The minimum atomic E-state index is -0.501. The van der Waals surface area contributed by atoms with E-state index in [1.54, 1.807) is 31.3 Å². The summed E-state index contributed by atoms with van der Waals surface area (Å²) in [7, 11) is 1.49. The Kier molecular flexibility index (Phi) is 10.6. The molecule has 3 aromatic carbocycles. The van der Waals surface area contributed by atoms with Gasteiger partial charge in [-0.3, -0.25) is 4.79 Å². The van der Waals surface area contributed by atoms with Crippen LogP contribution < -0.4 is 19.8 Å². The number of carbonyl (C=O) groups is 1. The van der Waals surface area contributed by atoms with E-state index in [-0.39, 0.29) is 24.7 Å². The molecule has 0 unspecified atom stereocenters. The molecular weight excluding hydrogens is 682 g/mol. The molecule has 1 aromatic heterocycles. The van der Waals surface area contributed by atoms with Crippen molar-refractivity contribution in [3.8, 4) is 28.6 Å². The predicted octanol–water partition coefficient (Wildman–Crippen LogP) is 7.25. The normalized spacial score (nSPS) is 11.4. The maximum absolute atomic E-state index is 13.8. The number of ether oxygens (including phenoxy) is 4. The van der Waals surface area contributed by atoms with Crippen molar-refractivity contribution in [2.45, 2.75) is 40.5 Å². The summed E-state index contributed by atoms with van der Waals surface area (Å²) >= 11 is 7.11. The number of fused-ring (bicyclic) bond motifs is 1. The Morgan fingerprint density at radius 1 is 1.05 bits per heavy atom. The van der Waals surface area contributed by atoms with Crippen LogP contribution in [0.1, 0.15) is 50.3 Å². The molecule has 0 radical (unpaired) electrons. The van der Waals surface area contributed by atoms with Crippen molar-refractivity contribution < 1.29 is 23.7 Å². The fourth-order valence-electron chi connectivity index (χ4n) is 4.51. The fourth-order valence-corrected chi connectivity index (χ4v) is 5.45. The van der Waals surface area contributed by atoms with Crippen LogP contribution >= 0.6 is 31.9 Å². The fraction of sp³-hybridized carbons (Fsp3) is 0.312. The number of para-hydroxylation sites is 1. The molecule has 0 saturated heterocycles. The maximum Gasteiger partial charge on any atom is 0.344 e. The summed E-state index contributed by atoms with van der Waals surface area (Å²) in [5.41, 5.74) is 3.52. The first-order valence-corrected chi connectivity index (χ1v) is 15.4. The standard InChI is InChI=1S/C32H33Br2N3O6/c1-7-41-25-13-19(5)23(15-22(25)18(3)4)31-36-24-12-10-9-11-21(24)32(39)37(31)35-16-20-14-26(40-6)30(29(34)28(20)33)43-17-27(38)42-8-2/h9-16,18H,7-8,17H2,1-6H3. The maximum atomic E-state index is 13.8. The molecule has 4 aromatic rings. The number of hydrogen-bond acceptors (Lipinski definition) is 8. The van der Waals surface area contributed by atoms with Gasteiger partial charge < -0.3 is 18.9 Å². The number of aryl methyl sites for hydroxylation is 1. The van der Waals surface area contributed by atoms with Gasteiger partial charge in [0.2, 0.25) is 0 Å². The highest BCUT2D eigenvalue weighted by Crippen LogP contribution is 2.42. The monoisotopic (exact) mass is 713 g/mol. The number of rotatable bonds is 11. The summed E-state index contributed by atoms with van der Waals surface area (Å²) in [6.45, 7) is 10.3. The van der Waals surface area contributed by atoms with E-state index in [2.05, 4.69) is 50.8 Å². The molecule has 0 N–H and O–H groups in total. The Balaban J connectivity index is 1.88. The molecule has 9 nitrogen and oxygen atoms in total. The van der Waals surface area contributed by atoms with Gasteiger partial charge >= 0.3 is 5.97 Å². The van der Waals surface area contributed by atoms with E-state index < -0.39 is 5.97 Å². The van der Waals surface area contributed by atoms with Gasteiger partial charge in [-0.25, -0.2) is 9.78 Å². The third kappa shape index (κ3) is 6.94. The Morgan fingerprint density at radius 2 is 1.79 bits per heavy atom. The topological polar surface area (TPSA) is 101 Å². The van der Waals surface area contributed by atoms with Crippen LogP contribution in [0, 0.1) is 6.92 Å². The van der Waals surface area contributed by atoms with Crippen molar-refractivity contribution in [1.29, 1.82) is 0 Å². The van der Waals surface area contributed by atoms with Crippen LogP contribution in [0.15, 0.2) is 61.3 Å². The molecule has 4 rings (SSSR count). The number of halogens is 2. The van der Waals surface area contributed by atoms with Crippen LogP contribution in [0.3, 0.4) is 0 Å². The van der Waals surface area contributed by atoms with Crippen LogP contribution in [0.4, 0.5) is 0 Å². The van der Waals surface area contributed by atoms with Crippen LogP contribution in [0.5, 0.6) is 17.2 Å². The van der Waals surface area contributed by atoms with Crippen LogP contribution in [0.25, 0.3) is 22.3 Å². The Bertz CT molecular complexity index is 1750. The molecule has 0 fully saturated rings. The zero-order valence-electron chi connectivity index (χ0n) is 24.9. The molecule has 0 aliphatic heterocycles. The lowest BCUT2D eigenvalue weighted by Crippen LogP contribution is -2.21. The smallest absolute Gasteiger partial charge is 0.344 e. The second-order valence-corrected chi connectivity index (χ2v) is 11.4. The van der Waals surface area contributed by atoms with Gasteiger partial charge in [0.1, 0.15) is 5.75 Å². The Labute approximate surface area is 267 Å². The van der Waals surface area contributed by atoms with E-state index in [4.69, 9.17) is 23.9 Å². The first-order valence-electron chi connectivity index (χ1n) is 13.8. The quantitative estimate of drug-likeness (QED) is 0.119. The number of hydrogen-bond donors (Lipinski definition) is 0.